The Morgan fingerprint density at radius 3 is 2.40 bits per heavy atom. The number of anilines is 1. The molecule has 0 saturated carbocycles. The Morgan fingerprint density at radius 1 is 1.10 bits per heavy atom. The van der Waals surface area contributed by atoms with Gasteiger partial charge in [0.25, 0.3) is 0 Å². The molecule has 0 bridgehead atoms. The van der Waals surface area contributed by atoms with E-state index in [2.05, 4.69) is 15.1 Å². The molecule has 0 aliphatic heterocycles. The number of hydrogen-bond donors (Lipinski definition) is 1. The first-order valence-corrected chi connectivity index (χ1v) is 6.66. The maximum atomic E-state index is 6.27. The summed E-state index contributed by atoms with van der Waals surface area (Å²) >= 11 is 12.5. The lowest BCUT2D eigenvalue weighted by Crippen LogP contribution is -1.96. The van der Waals surface area contributed by atoms with E-state index < -0.39 is 0 Å². The fourth-order valence-electron chi connectivity index (χ4n) is 2.21. The Bertz CT molecular complexity index is 805. The fraction of sp³-hybridized carbons (Fsp3) is 0.154. The quantitative estimate of drug-likeness (QED) is 0.749. The molecule has 0 atom stereocenters. The van der Waals surface area contributed by atoms with Crippen molar-refractivity contribution in [1.82, 2.24) is 19.7 Å². The van der Waals surface area contributed by atoms with Gasteiger partial charge >= 0.3 is 0 Å². The zero-order valence-electron chi connectivity index (χ0n) is 10.9. The van der Waals surface area contributed by atoms with E-state index in [9.17, 15) is 0 Å². The third-order valence-corrected chi connectivity index (χ3v) is 3.65. The predicted octanol–water partition coefficient (Wildman–Crippen LogP) is 3.23. The third-order valence-electron chi connectivity index (χ3n) is 3.02. The van der Waals surface area contributed by atoms with Gasteiger partial charge < -0.3 is 5.73 Å². The van der Waals surface area contributed by atoms with E-state index in [1.807, 2.05) is 0 Å². The summed E-state index contributed by atoms with van der Waals surface area (Å²) in [6.45, 7) is 1.78. The first-order valence-electron chi connectivity index (χ1n) is 5.90. The minimum atomic E-state index is 0.345. The van der Waals surface area contributed by atoms with Gasteiger partial charge in [0.2, 0.25) is 0 Å². The van der Waals surface area contributed by atoms with Crippen LogP contribution in [-0.4, -0.2) is 19.7 Å². The van der Waals surface area contributed by atoms with Crippen LogP contribution in [-0.2, 0) is 7.05 Å². The summed E-state index contributed by atoms with van der Waals surface area (Å²) in [6.07, 6.45) is 0. The SMILES string of the molecule is Cc1nc(N)c2nn(C)c(-c3c(Cl)cccc3Cl)c2n1. The number of aromatic nitrogens is 4. The molecule has 0 saturated heterocycles. The number of halogens is 2. The zero-order chi connectivity index (χ0) is 14.4. The summed E-state index contributed by atoms with van der Waals surface area (Å²) in [5.41, 5.74) is 8.51. The van der Waals surface area contributed by atoms with Gasteiger partial charge in [-0.1, -0.05) is 29.3 Å². The van der Waals surface area contributed by atoms with Gasteiger partial charge in [-0.15, -0.1) is 0 Å². The van der Waals surface area contributed by atoms with Crippen LogP contribution in [0.4, 0.5) is 5.82 Å². The second-order valence-electron chi connectivity index (χ2n) is 4.42. The number of nitrogens with two attached hydrogens (primary N) is 1. The van der Waals surface area contributed by atoms with E-state index in [4.69, 9.17) is 28.9 Å². The second kappa shape index (κ2) is 4.61. The van der Waals surface area contributed by atoms with Crippen molar-refractivity contribution < 1.29 is 0 Å². The monoisotopic (exact) mass is 307 g/mol. The highest BCUT2D eigenvalue weighted by Crippen LogP contribution is 2.38. The van der Waals surface area contributed by atoms with Gasteiger partial charge in [-0.3, -0.25) is 4.68 Å². The Labute approximate surface area is 125 Å². The molecule has 2 heterocycles. The van der Waals surface area contributed by atoms with Crippen molar-refractivity contribution in [2.75, 3.05) is 5.73 Å². The molecule has 0 fully saturated rings. The normalized spacial score (nSPS) is 11.2. The van der Waals surface area contributed by atoms with Gasteiger partial charge in [-0.2, -0.15) is 5.10 Å². The van der Waals surface area contributed by atoms with E-state index in [1.165, 1.54) is 0 Å². The van der Waals surface area contributed by atoms with Crippen molar-refractivity contribution in [3.8, 4) is 11.3 Å². The third kappa shape index (κ3) is 1.90. The van der Waals surface area contributed by atoms with Crippen LogP contribution in [0.15, 0.2) is 18.2 Å². The van der Waals surface area contributed by atoms with Gasteiger partial charge in [0, 0.05) is 12.6 Å². The van der Waals surface area contributed by atoms with Crippen molar-refractivity contribution in [2.24, 2.45) is 7.05 Å². The maximum absolute atomic E-state index is 6.27. The Kier molecular flexibility index (Phi) is 3.03. The van der Waals surface area contributed by atoms with Crippen molar-refractivity contribution in [3.63, 3.8) is 0 Å². The Hall–Kier alpha value is -1.85. The van der Waals surface area contributed by atoms with Crippen LogP contribution in [0.3, 0.4) is 0 Å². The molecular weight excluding hydrogens is 297 g/mol. The van der Waals surface area contributed by atoms with Crippen molar-refractivity contribution in [3.05, 3.63) is 34.1 Å². The minimum Gasteiger partial charge on any atom is -0.382 e. The molecule has 1 aromatic carbocycles. The highest BCUT2D eigenvalue weighted by Gasteiger charge is 2.20. The highest BCUT2D eigenvalue weighted by atomic mass is 35.5. The van der Waals surface area contributed by atoms with E-state index in [-0.39, 0.29) is 0 Å². The van der Waals surface area contributed by atoms with E-state index in [0.29, 0.717) is 38.3 Å². The average molecular weight is 308 g/mol. The lowest BCUT2D eigenvalue weighted by Gasteiger charge is -2.07. The van der Waals surface area contributed by atoms with E-state index in [1.54, 1.807) is 36.9 Å². The van der Waals surface area contributed by atoms with Crippen molar-refractivity contribution in [2.45, 2.75) is 6.92 Å². The van der Waals surface area contributed by atoms with Crippen LogP contribution in [0.25, 0.3) is 22.3 Å². The van der Waals surface area contributed by atoms with Gasteiger partial charge in [0.15, 0.2) is 11.3 Å². The van der Waals surface area contributed by atoms with Crippen LogP contribution in [0.5, 0.6) is 0 Å². The lowest BCUT2D eigenvalue weighted by atomic mass is 10.1. The van der Waals surface area contributed by atoms with Crippen LogP contribution in [0.2, 0.25) is 10.0 Å². The molecule has 0 aliphatic rings. The summed E-state index contributed by atoms with van der Waals surface area (Å²) in [4.78, 5) is 8.54. The van der Waals surface area contributed by atoms with Crippen LogP contribution < -0.4 is 5.73 Å². The van der Waals surface area contributed by atoms with Crippen LogP contribution >= 0.6 is 23.2 Å². The molecular formula is C13H11Cl2N5. The molecule has 102 valence electrons. The summed E-state index contributed by atoms with van der Waals surface area (Å²) < 4.78 is 1.67. The number of fused-ring (bicyclic) bond motifs is 1. The molecule has 0 spiro atoms. The summed E-state index contributed by atoms with van der Waals surface area (Å²) in [7, 11) is 1.80. The molecule has 0 amide bonds. The zero-order valence-corrected chi connectivity index (χ0v) is 12.4. The van der Waals surface area contributed by atoms with Gasteiger partial charge in [-0.25, -0.2) is 9.97 Å². The number of aryl methyl sites for hydroxylation is 2. The topological polar surface area (TPSA) is 69.6 Å². The van der Waals surface area contributed by atoms with Crippen molar-refractivity contribution in [1.29, 1.82) is 0 Å². The van der Waals surface area contributed by atoms with Crippen LogP contribution in [0.1, 0.15) is 5.82 Å². The summed E-state index contributed by atoms with van der Waals surface area (Å²) in [5, 5.41) is 5.44. The molecule has 3 rings (SSSR count). The molecule has 3 aromatic rings. The first-order chi connectivity index (χ1) is 9.49. The summed E-state index contributed by atoms with van der Waals surface area (Å²) in [5.74, 6) is 0.921. The van der Waals surface area contributed by atoms with Crippen LogP contribution in [0, 0.1) is 6.92 Å². The predicted molar refractivity (Wildman–Crippen MR) is 80.9 cm³/mol. The standard InChI is InChI=1S/C13H11Cl2N5/c1-6-17-10-11(13(16)18-6)19-20(2)12(10)9-7(14)4-3-5-8(9)15/h3-5H,1-2H3,(H2,16,17,18). The second-order valence-corrected chi connectivity index (χ2v) is 5.24. The van der Waals surface area contributed by atoms with Gasteiger partial charge in [-0.05, 0) is 19.1 Å². The molecule has 0 unspecified atom stereocenters. The van der Waals surface area contributed by atoms with Gasteiger partial charge in [0.1, 0.15) is 11.3 Å². The maximum Gasteiger partial charge on any atom is 0.155 e. The number of hydrogen-bond acceptors (Lipinski definition) is 4. The Morgan fingerprint density at radius 2 is 1.75 bits per heavy atom. The van der Waals surface area contributed by atoms with E-state index in [0.717, 1.165) is 5.69 Å². The number of nitrogen functional groups attached to an aromatic ring is 1. The molecule has 0 aliphatic carbocycles. The smallest absolute Gasteiger partial charge is 0.155 e. The number of rotatable bonds is 1. The average Bonchev–Trinajstić information content (AvgIpc) is 2.67. The highest BCUT2D eigenvalue weighted by molar-refractivity contribution is 6.39. The molecule has 5 nitrogen and oxygen atoms in total. The molecule has 2 aromatic heterocycles. The van der Waals surface area contributed by atoms with E-state index >= 15 is 0 Å². The molecule has 20 heavy (non-hydrogen) atoms. The minimum absolute atomic E-state index is 0.345. The Balaban J connectivity index is 2.45. The summed E-state index contributed by atoms with van der Waals surface area (Å²) in [6, 6.07) is 5.35. The largest absolute Gasteiger partial charge is 0.382 e. The molecule has 0 radical (unpaired) electrons. The van der Waals surface area contributed by atoms with Gasteiger partial charge in [0.05, 0.1) is 15.7 Å². The number of benzene rings is 1. The lowest BCUT2D eigenvalue weighted by molar-refractivity contribution is 0.788. The first kappa shape index (κ1) is 13.1. The molecule has 2 N–H and O–H groups in total. The van der Waals surface area contributed by atoms with Crippen molar-refractivity contribution >= 4 is 40.1 Å². The number of nitrogens with zero attached hydrogens (tertiary/aromatic N) is 4. The molecule has 7 heteroatoms. The fourth-order valence-corrected chi connectivity index (χ4v) is 2.79.